The van der Waals surface area contributed by atoms with Crippen LogP contribution in [0, 0.1) is 5.92 Å². The third-order valence-corrected chi connectivity index (χ3v) is 4.45. The SMILES string of the molecule is Cn1c(-c2nnc(NCC3CCOC3)o2)cc2cc(Cl)ccc21. The topological polar surface area (TPSA) is 65.1 Å². The van der Waals surface area contributed by atoms with Crippen molar-refractivity contribution in [3.8, 4) is 11.6 Å². The lowest BCUT2D eigenvalue weighted by atomic mass is 10.1. The highest BCUT2D eigenvalue weighted by atomic mass is 35.5. The van der Waals surface area contributed by atoms with Crippen LogP contribution in [0.5, 0.6) is 0 Å². The molecule has 0 bridgehead atoms. The van der Waals surface area contributed by atoms with Gasteiger partial charge in [0.05, 0.1) is 6.61 Å². The Labute approximate surface area is 138 Å². The molecular weight excluding hydrogens is 316 g/mol. The number of aryl methyl sites for hydroxylation is 1. The Morgan fingerprint density at radius 1 is 1.35 bits per heavy atom. The van der Waals surface area contributed by atoms with Crippen LogP contribution in [0.25, 0.3) is 22.5 Å². The van der Waals surface area contributed by atoms with Crippen LogP contribution in [-0.2, 0) is 11.8 Å². The van der Waals surface area contributed by atoms with Gasteiger partial charge in [-0.05, 0) is 30.7 Å². The number of ether oxygens (including phenoxy) is 1. The molecule has 1 aliphatic rings. The van der Waals surface area contributed by atoms with Gasteiger partial charge in [-0.1, -0.05) is 16.7 Å². The van der Waals surface area contributed by atoms with Crippen LogP contribution in [0.4, 0.5) is 6.01 Å². The number of hydrogen-bond acceptors (Lipinski definition) is 5. The largest absolute Gasteiger partial charge is 0.402 e. The van der Waals surface area contributed by atoms with Gasteiger partial charge >= 0.3 is 6.01 Å². The van der Waals surface area contributed by atoms with Crippen LogP contribution in [-0.4, -0.2) is 34.5 Å². The number of rotatable bonds is 4. The van der Waals surface area contributed by atoms with E-state index in [2.05, 4.69) is 15.5 Å². The van der Waals surface area contributed by atoms with E-state index in [4.69, 9.17) is 20.8 Å². The monoisotopic (exact) mass is 332 g/mol. The average Bonchev–Trinajstić information content (AvgIpc) is 3.25. The highest BCUT2D eigenvalue weighted by Gasteiger charge is 2.18. The fourth-order valence-electron chi connectivity index (χ4n) is 2.90. The molecule has 0 aliphatic carbocycles. The minimum Gasteiger partial charge on any atom is -0.402 e. The van der Waals surface area contributed by atoms with Gasteiger partial charge in [0.1, 0.15) is 5.69 Å². The van der Waals surface area contributed by atoms with Crippen LogP contribution >= 0.6 is 11.6 Å². The van der Waals surface area contributed by atoms with Crippen molar-refractivity contribution in [1.29, 1.82) is 0 Å². The summed E-state index contributed by atoms with van der Waals surface area (Å²) in [5.41, 5.74) is 1.94. The van der Waals surface area contributed by atoms with E-state index in [-0.39, 0.29) is 0 Å². The minimum absolute atomic E-state index is 0.440. The Morgan fingerprint density at radius 3 is 3.09 bits per heavy atom. The van der Waals surface area contributed by atoms with Crippen molar-refractivity contribution in [1.82, 2.24) is 14.8 Å². The second-order valence-corrected chi connectivity index (χ2v) is 6.25. The number of fused-ring (bicyclic) bond motifs is 1. The maximum atomic E-state index is 6.05. The quantitative estimate of drug-likeness (QED) is 0.794. The molecule has 1 unspecified atom stereocenters. The minimum atomic E-state index is 0.440. The molecule has 3 aromatic rings. The lowest BCUT2D eigenvalue weighted by molar-refractivity contribution is 0.187. The van der Waals surface area contributed by atoms with E-state index < -0.39 is 0 Å². The van der Waals surface area contributed by atoms with Crippen LogP contribution in [0.2, 0.25) is 5.02 Å². The maximum Gasteiger partial charge on any atom is 0.315 e. The van der Waals surface area contributed by atoms with E-state index in [1.807, 2.05) is 35.9 Å². The summed E-state index contributed by atoms with van der Waals surface area (Å²) in [4.78, 5) is 0. The first kappa shape index (κ1) is 14.5. The fourth-order valence-corrected chi connectivity index (χ4v) is 3.08. The Bertz CT molecular complexity index is 836. The van der Waals surface area contributed by atoms with Crippen molar-refractivity contribution in [3.05, 3.63) is 29.3 Å². The summed E-state index contributed by atoms with van der Waals surface area (Å²) in [5, 5.41) is 13.2. The number of hydrogen-bond donors (Lipinski definition) is 1. The molecule has 6 nitrogen and oxygen atoms in total. The Kier molecular flexibility index (Phi) is 3.71. The van der Waals surface area contributed by atoms with Gasteiger partial charge < -0.3 is 19.0 Å². The van der Waals surface area contributed by atoms with Gasteiger partial charge in [-0.15, -0.1) is 5.10 Å². The standard InChI is InChI=1S/C16H17ClN4O2/c1-21-13-3-2-12(17)6-11(13)7-14(21)15-19-20-16(23-15)18-8-10-4-5-22-9-10/h2-3,6-7,10H,4-5,8-9H2,1H3,(H,18,20). The number of benzene rings is 1. The highest BCUT2D eigenvalue weighted by molar-refractivity contribution is 6.31. The molecular formula is C16H17ClN4O2. The zero-order valence-corrected chi connectivity index (χ0v) is 13.5. The van der Waals surface area contributed by atoms with Crippen molar-refractivity contribution in [3.63, 3.8) is 0 Å². The molecule has 0 spiro atoms. The van der Waals surface area contributed by atoms with E-state index in [1.54, 1.807) is 0 Å². The predicted molar refractivity (Wildman–Crippen MR) is 88.6 cm³/mol. The number of nitrogens with one attached hydrogen (secondary N) is 1. The third-order valence-electron chi connectivity index (χ3n) is 4.21. The normalized spacial score (nSPS) is 17.9. The molecule has 1 atom stereocenters. The maximum absolute atomic E-state index is 6.05. The second kappa shape index (κ2) is 5.86. The number of anilines is 1. The predicted octanol–water partition coefficient (Wildman–Crippen LogP) is 3.33. The van der Waals surface area contributed by atoms with E-state index in [1.165, 1.54) is 0 Å². The van der Waals surface area contributed by atoms with Crippen molar-refractivity contribution in [2.45, 2.75) is 6.42 Å². The third kappa shape index (κ3) is 2.80. The molecule has 0 amide bonds. The lowest BCUT2D eigenvalue weighted by Gasteiger charge is -2.06. The van der Waals surface area contributed by atoms with Crippen LogP contribution in [0.3, 0.4) is 0 Å². The summed E-state index contributed by atoms with van der Waals surface area (Å²) in [6.45, 7) is 2.41. The fraction of sp³-hybridized carbons (Fsp3) is 0.375. The van der Waals surface area contributed by atoms with E-state index in [0.717, 1.165) is 42.8 Å². The van der Waals surface area contributed by atoms with E-state index in [0.29, 0.717) is 22.8 Å². The number of nitrogens with zero attached hydrogens (tertiary/aromatic N) is 3. The lowest BCUT2D eigenvalue weighted by Crippen LogP contribution is -2.14. The summed E-state index contributed by atoms with van der Waals surface area (Å²) in [7, 11) is 1.97. The van der Waals surface area contributed by atoms with Crippen molar-refractivity contribution >= 4 is 28.5 Å². The molecule has 120 valence electrons. The van der Waals surface area contributed by atoms with E-state index >= 15 is 0 Å². The zero-order valence-electron chi connectivity index (χ0n) is 12.8. The van der Waals surface area contributed by atoms with Crippen LogP contribution in [0.1, 0.15) is 6.42 Å². The van der Waals surface area contributed by atoms with Gasteiger partial charge in [-0.2, -0.15) is 0 Å². The molecule has 1 fully saturated rings. The van der Waals surface area contributed by atoms with Gasteiger partial charge in [0.15, 0.2) is 0 Å². The van der Waals surface area contributed by atoms with Crippen LogP contribution in [0.15, 0.2) is 28.7 Å². The Morgan fingerprint density at radius 2 is 2.26 bits per heavy atom. The number of aromatic nitrogens is 3. The molecule has 1 N–H and O–H groups in total. The molecule has 0 radical (unpaired) electrons. The molecule has 1 aliphatic heterocycles. The van der Waals surface area contributed by atoms with Gasteiger partial charge in [0, 0.05) is 42.0 Å². The average molecular weight is 333 g/mol. The second-order valence-electron chi connectivity index (χ2n) is 5.81. The van der Waals surface area contributed by atoms with Gasteiger partial charge in [-0.25, -0.2) is 0 Å². The Balaban J connectivity index is 1.57. The zero-order chi connectivity index (χ0) is 15.8. The summed E-state index contributed by atoms with van der Waals surface area (Å²) >= 11 is 6.05. The molecule has 0 saturated carbocycles. The van der Waals surface area contributed by atoms with Gasteiger partial charge in [0.25, 0.3) is 5.89 Å². The van der Waals surface area contributed by atoms with Crippen molar-refractivity contribution in [2.24, 2.45) is 13.0 Å². The molecule has 4 rings (SSSR count). The number of halogens is 1. The summed E-state index contributed by atoms with van der Waals surface area (Å²) < 4.78 is 13.1. The van der Waals surface area contributed by atoms with Crippen molar-refractivity contribution < 1.29 is 9.15 Å². The first-order valence-corrected chi connectivity index (χ1v) is 7.99. The first-order valence-electron chi connectivity index (χ1n) is 7.61. The van der Waals surface area contributed by atoms with Crippen molar-refractivity contribution in [2.75, 3.05) is 25.1 Å². The van der Waals surface area contributed by atoms with Crippen LogP contribution < -0.4 is 5.32 Å². The molecule has 7 heteroatoms. The molecule has 3 heterocycles. The summed E-state index contributed by atoms with van der Waals surface area (Å²) in [6, 6.07) is 8.23. The highest BCUT2D eigenvalue weighted by Crippen LogP contribution is 2.29. The smallest absolute Gasteiger partial charge is 0.315 e. The molecule has 23 heavy (non-hydrogen) atoms. The summed E-state index contributed by atoms with van der Waals surface area (Å²) in [5.74, 6) is 0.995. The Hall–Kier alpha value is -2.05. The van der Waals surface area contributed by atoms with Gasteiger partial charge in [0.2, 0.25) is 0 Å². The first-order chi connectivity index (χ1) is 11.2. The molecule has 1 aromatic carbocycles. The van der Waals surface area contributed by atoms with Gasteiger partial charge in [-0.3, -0.25) is 0 Å². The van der Waals surface area contributed by atoms with E-state index in [9.17, 15) is 0 Å². The summed E-state index contributed by atoms with van der Waals surface area (Å²) in [6.07, 6.45) is 1.07. The molecule has 1 saturated heterocycles. The molecule has 2 aromatic heterocycles.